The number of rotatable bonds is 4. The number of nitro benzene ring substituents is 1. The molecule has 0 amide bonds. The first-order chi connectivity index (χ1) is 13.9. The Balaban J connectivity index is 1.97. The topological polar surface area (TPSA) is 162 Å². The molecule has 0 fully saturated rings. The Morgan fingerprint density at radius 3 is 2.59 bits per heavy atom. The van der Waals surface area contributed by atoms with E-state index in [2.05, 4.69) is 15.2 Å². The second-order valence-electron chi connectivity index (χ2n) is 6.14. The Hall–Kier alpha value is -4.47. The molecule has 4 rings (SSSR count). The average Bonchev–Trinajstić information content (AvgIpc) is 3.13. The fourth-order valence-corrected chi connectivity index (χ4v) is 3.05. The van der Waals surface area contributed by atoms with Crippen molar-refractivity contribution in [2.45, 2.75) is 0 Å². The number of fused-ring (bicyclic) bond motifs is 1. The summed E-state index contributed by atoms with van der Waals surface area (Å²) in [6.45, 7) is 0. The van der Waals surface area contributed by atoms with Crippen LogP contribution in [0.25, 0.3) is 33.5 Å². The Kier molecular flexibility index (Phi) is 4.08. The molecule has 10 heteroatoms. The van der Waals surface area contributed by atoms with E-state index >= 15 is 0 Å². The van der Waals surface area contributed by atoms with Gasteiger partial charge < -0.3 is 15.3 Å². The van der Waals surface area contributed by atoms with Crippen molar-refractivity contribution >= 4 is 22.7 Å². The largest absolute Gasteiger partial charge is 0.504 e. The number of para-hydroxylation sites is 1. The summed E-state index contributed by atoms with van der Waals surface area (Å²) in [5, 5.41) is 47.5. The van der Waals surface area contributed by atoms with Gasteiger partial charge in [-0.25, -0.2) is 9.78 Å². The molecule has 0 aliphatic heterocycles. The number of aromatic amines is 1. The van der Waals surface area contributed by atoms with Crippen molar-refractivity contribution in [2.24, 2.45) is 0 Å². The van der Waals surface area contributed by atoms with E-state index < -0.39 is 16.6 Å². The molecule has 2 aromatic heterocycles. The number of nitro groups is 1. The van der Waals surface area contributed by atoms with E-state index in [0.717, 1.165) is 0 Å². The summed E-state index contributed by atoms with van der Waals surface area (Å²) in [7, 11) is 0. The maximum atomic E-state index is 11.9. The van der Waals surface area contributed by atoms with Crippen LogP contribution in [0.5, 0.6) is 11.5 Å². The van der Waals surface area contributed by atoms with Gasteiger partial charge in [0.05, 0.1) is 27.3 Å². The normalized spacial score (nSPS) is 10.9. The van der Waals surface area contributed by atoms with Crippen molar-refractivity contribution in [3.8, 4) is 34.0 Å². The molecule has 2 aromatic carbocycles. The molecule has 10 nitrogen and oxygen atoms in total. The number of aromatic carboxylic acids is 1. The summed E-state index contributed by atoms with van der Waals surface area (Å²) in [5.41, 5.74) is 0.595. The van der Waals surface area contributed by atoms with Gasteiger partial charge in [-0.05, 0) is 18.2 Å². The minimum absolute atomic E-state index is 0.0455. The maximum Gasteiger partial charge on any atom is 0.336 e. The summed E-state index contributed by atoms with van der Waals surface area (Å²) in [4.78, 5) is 26.7. The highest BCUT2D eigenvalue weighted by Gasteiger charge is 2.22. The molecule has 4 aromatic rings. The summed E-state index contributed by atoms with van der Waals surface area (Å²) < 4.78 is 0. The number of aromatic nitrogens is 3. The molecule has 0 saturated carbocycles. The number of aromatic hydroxyl groups is 2. The molecule has 0 unspecified atom stereocenters. The van der Waals surface area contributed by atoms with Crippen LogP contribution in [0.2, 0.25) is 0 Å². The number of carbonyl (C=O) groups is 1. The monoisotopic (exact) mass is 392 g/mol. The molecular formula is C19H12N4O6. The van der Waals surface area contributed by atoms with Crippen molar-refractivity contribution in [3.05, 3.63) is 64.2 Å². The average molecular weight is 392 g/mol. The lowest BCUT2D eigenvalue weighted by Gasteiger charge is -2.08. The van der Waals surface area contributed by atoms with Crippen molar-refractivity contribution in [2.75, 3.05) is 0 Å². The van der Waals surface area contributed by atoms with Gasteiger partial charge in [0.25, 0.3) is 5.69 Å². The summed E-state index contributed by atoms with van der Waals surface area (Å²) in [6.07, 6.45) is 0. The molecule has 2 heterocycles. The quantitative estimate of drug-likeness (QED) is 0.233. The molecule has 0 radical (unpaired) electrons. The molecule has 29 heavy (non-hydrogen) atoms. The molecular weight excluding hydrogens is 380 g/mol. The zero-order chi connectivity index (χ0) is 20.7. The molecule has 4 N–H and O–H groups in total. The predicted molar refractivity (Wildman–Crippen MR) is 102 cm³/mol. The lowest BCUT2D eigenvalue weighted by Crippen LogP contribution is -2.00. The van der Waals surface area contributed by atoms with E-state index in [9.17, 15) is 30.2 Å². The van der Waals surface area contributed by atoms with Gasteiger partial charge in [0.15, 0.2) is 17.1 Å². The van der Waals surface area contributed by atoms with E-state index in [1.165, 1.54) is 42.5 Å². The highest BCUT2D eigenvalue weighted by Crippen LogP contribution is 2.38. The summed E-state index contributed by atoms with van der Waals surface area (Å²) in [6, 6.07) is 11.2. The van der Waals surface area contributed by atoms with Crippen LogP contribution in [0, 0.1) is 10.1 Å². The zero-order valence-electron chi connectivity index (χ0n) is 14.5. The van der Waals surface area contributed by atoms with Gasteiger partial charge in [-0.15, -0.1) is 0 Å². The molecule has 0 saturated heterocycles. The molecule has 144 valence electrons. The SMILES string of the molecule is O=C(O)c1cc(-c2cccc(O)c2O)nc2n[nH]c(-c3cccc([N+](=O)[O-])c3)c12. The maximum absolute atomic E-state index is 11.9. The van der Waals surface area contributed by atoms with Crippen molar-refractivity contribution < 1.29 is 25.0 Å². The van der Waals surface area contributed by atoms with E-state index in [4.69, 9.17) is 0 Å². The lowest BCUT2D eigenvalue weighted by atomic mass is 10.0. The first-order valence-electron chi connectivity index (χ1n) is 8.25. The second kappa shape index (κ2) is 6.60. The Bertz CT molecular complexity index is 1300. The van der Waals surface area contributed by atoms with Gasteiger partial charge in [-0.1, -0.05) is 18.2 Å². The fourth-order valence-electron chi connectivity index (χ4n) is 3.05. The standard InChI is InChI=1S/C19H12N4O6/c24-14-6-2-5-11(17(14)25)13-8-12(19(26)27)15-16(21-22-18(15)20-13)9-3-1-4-10(7-9)23(28)29/h1-8,24-25H,(H,26,27)(H,20,21,22). The summed E-state index contributed by atoms with van der Waals surface area (Å²) in [5.74, 6) is -2.09. The van der Waals surface area contributed by atoms with Gasteiger partial charge in [0.1, 0.15) is 0 Å². The van der Waals surface area contributed by atoms with Gasteiger partial charge in [-0.3, -0.25) is 15.2 Å². The number of nitrogens with one attached hydrogen (secondary N) is 1. The Labute approximate surface area is 161 Å². The second-order valence-corrected chi connectivity index (χ2v) is 6.14. The van der Waals surface area contributed by atoms with E-state index in [0.29, 0.717) is 5.56 Å². The van der Waals surface area contributed by atoms with E-state index in [1.807, 2.05) is 0 Å². The van der Waals surface area contributed by atoms with Crippen LogP contribution in [0.4, 0.5) is 5.69 Å². The van der Waals surface area contributed by atoms with Crippen LogP contribution in [-0.2, 0) is 0 Å². The Morgan fingerprint density at radius 2 is 1.86 bits per heavy atom. The van der Waals surface area contributed by atoms with E-state index in [1.54, 1.807) is 6.07 Å². The van der Waals surface area contributed by atoms with Crippen molar-refractivity contribution in [1.82, 2.24) is 15.2 Å². The number of pyridine rings is 1. The first-order valence-corrected chi connectivity index (χ1v) is 8.25. The fraction of sp³-hybridized carbons (Fsp3) is 0. The van der Waals surface area contributed by atoms with Crippen molar-refractivity contribution in [1.29, 1.82) is 0 Å². The third kappa shape index (κ3) is 2.98. The predicted octanol–water partition coefficient (Wildman–Crippen LogP) is 3.31. The first kappa shape index (κ1) is 17.9. The molecule has 0 aliphatic carbocycles. The lowest BCUT2D eigenvalue weighted by molar-refractivity contribution is -0.384. The number of nitrogens with zero attached hydrogens (tertiary/aromatic N) is 3. The van der Waals surface area contributed by atoms with Gasteiger partial charge in [0.2, 0.25) is 0 Å². The minimum atomic E-state index is -1.27. The number of hydrogen-bond donors (Lipinski definition) is 4. The molecule has 0 atom stereocenters. The van der Waals surface area contributed by atoms with Gasteiger partial charge >= 0.3 is 5.97 Å². The van der Waals surface area contributed by atoms with Crippen LogP contribution in [0.15, 0.2) is 48.5 Å². The van der Waals surface area contributed by atoms with Gasteiger partial charge in [-0.2, -0.15) is 5.10 Å². The number of hydrogen-bond acceptors (Lipinski definition) is 7. The number of benzene rings is 2. The van der Waals surface area contributed by atoms with Gasteiger partial charge in [0, 0.05) is 23.3 Å². The molecule has 0 aliphatic rings. The third-order valence-corrected chi connectivity index (χ3v) is 4.39. The van der Waals surface area contributed by atoms with Crippen LogP contribution in [0.3, 0.4) is 0 Å². The smallest absolute Gasteiger partial charge is 0.336 e. The van der Waals surface area contributed by atoms with Crippen LogP contribution < -0.4 is 0 Å². The highest BCUT2D eigenvalue weighted by molar-refractivity contribution is 6.08. The van der Waals surface area contributed by atoms with E-state index in [-0.39, 0.29) is 45.0 Å². The number of phenolic OH excluding ortho intramolecular Hbond substituents is 2. The van der Waals surface area contributed by atoms with Crippen LogP contribution >= 0.6 is 0 Å². The zero-order valence-corrected chi connectivity index (χ0v) is 14.5. The van der Waals surface area contributed by atoms with Crippen molar-refractivity contribution in [3.63, 3.8) is 0 Å². The summed E-state index contributed by atoms with van der Waals surface area (Å²) >= 11 is 0. The molecule has 0 bridgehead atoms. The minimum Gasteiger partial charge on any atom is -0.504 e. The number of non-ortho nitro benzene ring substituents is 1. The third-order valence-electron chi connectivity index (χ3n) is 4.39. The number of carboxylic acids is 1. The number of H-pyrrole nitrogens is 1. The van der Waals surface area contributed by atoms with Crippen LogP contribution in [-0.4, -0.2) is 41.4 Å². The number of carboxylic acid groups (broad SMARTS) is 1. The van der Waals surface area contributed by atoms with Crippen LogP contribution in [0.1, 0.15) is 10.4 Å². The highest BCUT2D eigenvalue weighted by atomic mass is 16.6. The number of phenols is 2. The molecule has 0 spiro atoms. The Morgan fingerprint density at radius 1 is 1.10 bits per heavy atom.